The zero-order chi connectivity index (χ0) is 10.2. The van der Waals surface area contributed by atoms with Crippen molar-refractivity contribution in [1.29, 1.82) is 0 Å². The topological polar surface area (TPSA) is 55.5 Å². The Hall–Kier alpha value is -1.22. The van der Waals surface area contributed by atoms with Gasteiger partial charge in [-0.15, -0.1) is 0 Å². The lowest BCUT2D eigenvalue weighted by Crippen LogP contribution is -2.43. The van der Waals surface area contributed by atoms with E-state index < -0.39 is 0 Å². The number of nitrogens with two attached hydrogens (primary N) is 1. The molecular weight excluding hydrogens is 178 g/mol. The summed E-state index contributed by atoms with van der Waals surface area (Å²) in [7, 11) is 0. The van der Waals surface area contributed by atoms with Crippen molar-refractivity contribution in [3.05, 3.63) is 23.8 Å². The van der Waals surface area contributed by atoms with Gasteiger partial charge in [-0.2, -0.15) is 0 Å². The fourth-order valence-corrected chi connectivity index (χ4v) is 1.70. The lowest BCUT2D eigenvalue weighted by molar-refractivity contribution is 0.0736. The van der Waals surface area contributed by atoms with E-state index >= 15 is 0 Å². The third-order valence-corrected chi connectivity index (χ3v) is 2.76. The predicted molar refractivity (Wildman–Crippen MR) is 54.5 cm³/mol. The first kappa shape index (κ1) is 9.34. The molecule has 3 N–H and O–H groups in total. The fraction of sp³-hybridized carbons (Fsp3) is 0.455. The Morgan fingerprint density at radius 3 is 3.07 bits per heavy atom. The Bertz CT molecular complexity index is 351. The number of phenols is 1. The molecule has 1 aliphatic rings. The van der Waals surface area contributed by atoms with E-state index in [1.165, 1.54) is 0 Å². The molecule has 0 aromatic heterocycles. The van der Waals surface area contributed by atoms with Crippen LogP contribution in [0.15, 0.2) is 18.2 Å². The van der Waals surface area contributed by atoms with Crippen LogP contribution in [-0.2, 0) is 6.42 Å². The van der Waals surface area contributed by atoms with Crippen LogP contribution in [0, 0.1) is 0 Å². The molecule has 1 aromatic rings. The van der Waals surface area contributed by atoms with Crippen LogP contribution in [-0.4, -0.2) is 17.3 Å². The van der Waals surface area contributed by atoms with Crippen molar-refractivity contribution in [2.24, 2.45) is 5.73 Å². The van der Waals surface area contributed by atoms with Crippen LogP contribution in [0.25, 0.3) is 0 Å². The minimum absolute atomic E-state index is 0.241. The first-order valence-corrected chi connectivity index (χ1v) is 4.84. The molecule has 2 rings (SSSR count). The highest BCUT2D eigenvalue weighted by atomic mass is 16.5. The Balaban J connectivity index is 2.33. The normalized spacial score (nSPS) is 25.3. The van der Waals surface area contributed by atoms with Gasteiger partial charge < -0.3 is 15.6 Å². The second-order valence-electron chi connectivity index (χ2n) is 4.05. The smallest absolute Gasteiger partial charge is 0.127 e. The standard InChI is InChI=1S/C11H15NO2/c1-11(7-12)5-4-8-2-3-9(13)6-10(8)14-11/h2-3,6,13H,4-5,7,12H2,1H3. The van der Waals surface area contributed by atoms with Gasteiger partial charge in [0.2, 0.25) is 0 Å². The van der Waals surface area contributed by atoms with Crippen LogP contribution in [0.2, 0.25) is 0 Å². The number of hydrogen-bond acceptors (Lipinski definition) is 3. The third-order valence-electron chi connectivity index (χ3n) is 2.76. The number of phenolic OH excluding ortho intramolecular Hbond substituents is 1. The number of rotatable bonds is 1. The summed E-state index contributed by atoms with van der Waals surface area (Å²) in [6.07, 6.45) is 1.89. The summed E-state index contributed by atoms with van der Waals surface area (Å²) in [5.74, 6) is 1.01. The maximum atomic E-state index is 9.32. The summed E-state index contributed by atoms with van der Waals surface area (Å²) in [5, 5.41) is 9.32. The van der Waals surface area contributed by atoms with Gasteiger partial charge in [-0.25, -0.2) is 0 Å². The summed E-state index contributed by atoms with van der Waals surface area (Å²) in [5.41, 5.74) is 6.52. The maximum absolute atomic E-state index is 9.32. The van der Waals surface area contributed by atoms with Crippen molar-refractivity contribution in [2.45, 2.75) is 25.4 Å². The Labute approximate surface area is 83.5 Å². The molecule has 1 aliphatic heterocycles. The van der Waals surface area contributed by atoms with E-state index in [-0.39, 0.29) is 11.4 Å². The highest BCUT2D eigenvalue weighted by molar-refractivity contribution is 5.42. The molecule has 76 valence electrons. The van der Waals surface area contributed by atoms with E-state index in [1.54, 1.807) is 12.1 Å². The zero-order valence-corrected chi connectivity index (χ0v) is 8.29. The largest absolute Gasteiger partial charge is 0.508 e. The molecule has 0 saturated heterocycles. The molecule has 0 radical (unpaired) electrons. The number of ether oxygens (including phenoxy) is 1. The zero-order valence-electron chi connectivity index (χ0n) is 8.29. The van der Waals surface area contributed by atoms with Crippen molar-refractivity contribution in [2.75, 3.05) is 6.54 Å². The van der Waals surface area contributed by atoms with E-state index in [9.17, 15) is 5.11 Å². The number of fused-ring (bicyclic) bond motifs is 1. The molecule has 3 heteroatoms. The number of aryl methyl sites for hydroxylation is 1. The Morgan fingerprint density at radius 2 is 2.36 bits per heavy atom. The number of hydrogen-bond donors (Lipinski definition) is 2. The molecule has 1 aromatic carbocycles. The van der Waals surface area contributed by atoms with Crippen molar-refractivity contribution in [1.82, 2.24) is 0 Å². The third kappa shape index (κ3) is 1.55. The minimum Gasteiger partial charge on any atom is -0.508 e. The van der Waals surface area contributed by atoms with E-state index in [4.69, 9.17) is 10.5 Å². The first-order chi connectivity index (χ1) is 6.63. The van der Waals surface area contributed by atoms with E-state index in [2.05, 4.69) is 0 Å². The molecule has 0 saturated carbocycles. The van der Waals surface area contributed by atoms with Crippen LogP contribution in [0.5, 0.6) is 11.5 Å². The summed E-state index contributed by atoms with van der Waals surface area (Å²) in [4.78, 5) is 0. The molecule has 0 bridgehead atoms. The molecule has 14 heavy (non-hydrogen) atoms. The molecule has 0 amide bonds. The fourth-order valence-electron chi connectivity index (χ4n) is 1.70. The van der Waals surface area contributed by atoms with E-state index in [0.717, 1.165) is 24.2 Å². The van der Waals surface area contributed by atoms with Gasteiger partial charge in [0.05, 0.1) is 0 Å². The molecule has 0 spiro atoms. The van der Waals surface area contributed by atoms with Crippen LogP contribution in [0.4, 0.5) is 0 Å². The van der Waals surface area contributed by atoms with Crippen molar-refractivity contribution in [3.63, 3.8) is 0 Å². The van der Waals surface area contributed by atoms with Gasteiger partial charge in [-0.3, -0.25) is 0 Å². The summed E-state index contributed by atoms with van der Waals surface area (Å²) in [6, 6.07) is 5.25. The van der Waals surface area contributed by atoms with Crippen LogP contribution in [0.3, 0.4) is 0 Å². The predicted octanol–water partition coefficient (Wildman–Crippen LogP) is 1.43. The average molecular weight is 193 g/mol. The second kappa shape index (κ2) is 3.17. The van der Waals surface area contributed by atoms with Crippen LogP contribution < -0.4 is 10.5 Å². The van der Waals surface area contributed by atoms with Crippen molar-refractivity contribution in [3.8, 4) is 11.5 Å². The lowest BCUT2D eigenvalue weighted by atomic mass is 9.93. The minimum atomic E-state index is -0.277. The quantitative estimate of drug-likeness (QED) is 0.709. The molecule has 1 atom stereocenters. The van der Waals surface area contributed by atoms with Crippen molar-refractivity contribution < 1.29 is 9.84 Å². The SMILES string of the molecule is CC1(CN)CCc2ccc(O)cc2O1. The van der Waals surface area contributed by atoms with Gasteiger partial charge in [-0.05, 0) is 31.4 Å². The monoisotopic (exact) mass is 193 g/mol. The summed E-state index contributed by atoms with van der Waals surface area (Å²) in [6.45, 7) is 2.50. The van der Waals surface area contributed by atoms with Gasteiger partial charge in [0.15, 0.2) is 0 Å². The van der Waals surface area contributed by atoms with E-state index in [1.807, 2.05) is 13.0 Å². The highest BCUT2D eigenvalue weighted by Gasteiger charge is 2.29. The van der Waals surface area contributed by atoms with Gasteiger partial charge in [-0.1, -0.05) is 6.07 Å². The molecule has 1 unspecified atom stereocenters. The maximum Gasteiger partial charge on any atom is 0.127 e. The molecule has 1 heterocycles. The molecule has 0 fully saturated rings. The van der Waals surface area contributed by atoms with Crippen LogP contribution in [0.1, 0.15) is 18.9 Å². The first-order valence-electron chi connectivity index (χ1n) is 4.84. The molecular formula is C11H15NO2. The average Bonchev–Trinajstić information content (AvgIpc) is 2.17. The number of aromatic hydroxyl groups is 1. The Kier molecular flexibility index (Phi) is 2.11. The van der Waals surface area contributed by atoms with Gasteiger partial charge in [0.25, 0.3) is 0 Å². The van der Waals surface area contributed by atoms with Gasteiger partial charge in [0.1, 0.15) is 17.1 Å². The molecule has 0 aliphatic carbocycles. The van der Waals surface area contributed by atoms with E-state index in [0.29, 0.717) is 6.54 Å². The second-order valence-corrected chi connectivity index (χ2v) is 4.05. The Morgan fingerprint density at radius 1 is 1.57 bits per heavy atom. The number of benzene rings is 1. The lowest BCUT2D eigenvalue weighted by Gasteiger charge is -2.34. The molecule has 3 nitrogen and oxygen atoms in total. The van der Waals surface area contributed by atoms with Crippen LogP contribution >= 0.6 is 0 Å². The van der Waals surface area contributed by atoms with Gasteiger partial charge in [0, 0.05) is 12.6 Å². The highest BCUT2D eigenvalue weighted by Crippen LogP contribution is 2.34. The van der Waals surface area contributed by atoms with Gasteiger partial charge >= 0.3 is 0 Å². The van der Waals surface area contributed by atoms with Crippen molar-refractivity contribution >= 4 is 0 Å². The summed E-state index contributed by atoms with van der Waals surface area (Å²) < 4.78 is 5.76. The summed E-state index contributed by atoms with van der Waals surface area (Å²) >= 11 is 0.